The van der Waals surface area contributed by atoms with E-state index in [0.29, 0.717) is 19.4 Å². The van der Waals surface area contributed by atoms with E-state index in [-0.39, 0.29) is 11.4 Å². The molecule has 5 nitrogen and oxygen atoms in total. The Kier molecular flexibility index (Phi) is 6.54. The Morgan fingerprint density at radius 3 is 2.50 bits per heavy atom. The molecule has 0 bridgehead atoms. The molecule has 1 aromatic carbocycles. The molecule has 0 amide bonds. The molecular weight excluding hydrogens is 381 g/mol. The van der Waals surface area contributed by atoms with Crippen LogP contribution in [0.15, 0.2) is 65.7 Å². The summed E-state index contributed by atoms with van der Waals surface area (Å²) in [4.78, 5) is 19.0. The van der Waals surface area contributed by atoms with E-state index in [1.54, 1.807) is 22.9 Å². The van der Waals surface area contributed by atoms with Crippen molar-refractivity contribution in [1.29, 1.82) is 0 Å². The third-order valence-electron chi connectivity index (χ3n) is 5.43. The van der Waals surface area contributed by atoms with Gasteiger partial charge in [0.05, 0.1) is 6.20 Å². The van der Waals surface area contributed by atoms with E-state index in [2.05, 4.69) is 9.88 Å². The van der Waals surface area contributed by atoms with Crippen LogP contribution < -0.4 is 10.3 Å². The Morgan fingerprint density at radius 2 is 1.80 bits per heavy atom. The van der Waals surface area contributed by atoms with Gasteiger partial charge in [0.15, 0.2) is 0 Å². The van der Waals surface area contributed by atoms with Gasteiger partial charge in [0.2, 0.25) is 0 Å². The van der Waals surface area contributed by atoms with Crippen molar-refractivity contribution < 1.29 is 9.13 Å². The maximum Gasteiger partial charge on any atom is 0.255 e. The van der Waals surface area contributed by atoms with Gasteiger partial charge in [-0.05, 0) is 86.8 Å². The molecule has 1 aliphatic heterocycles. The standard InChI is InChI=1S/C24H26FN3O2/c25-20-4-6-21(26-18-20)5-3-19-11-14-28(24(29)17-19)22-7-9-23(10-8-22)30-16-15-27-12-1-2-13-27/h4,6-11,14,17-18H,1-3,5,12-13,15-16H2. The van der Waals surface area contributed by atoms with E-state index in [1.165, 1.54) is 38.2 Å². The van der Waals surface area contributed by atoms with Crippen LogP contribution in [0.25, 0.3) is 5.69 Å². The number of hydrogen-bond donors (Lipinski definition) is 0. The average Bonchev–Trinajstić information content (AvgIpc) is 3.28. The number of ether oxygens (including phenoxy) is 1. The Morgan fingerprint density at radius 1 is 1.00 bits per heavy atom. The van der Waals surface area contributed by atoms with Crippen LogP contribution in [0.5, 0.6) is 5.75 Å². The first-order chi connectivity index (χ1) is 14.7. The predicted molar refractivity (Wildman–Crippen MR) is 115 cm³/mol. The first kappa shape index (κ1) is 20.3. The van der Waals surface area contributed by atoms with Crippen LogP contribution in [0.2, 0.25) is 0 Å². The minimum absolute atomic E-state index is 0.0812. The summed E-state index contributed by atoms with van der Waals surface area (Å²) in [5.41, 5.74) is 2.46. The molecule has 30 heavy (non-hydrogen) atoms. The predicted octanol–water partition coefficient (Wildman–Crippen LogP) is 3.63. The van der Waals surface area contributed by atoms with Crippen LogP contribution in [0.4, 0.5) is 4.39 Å². The summed E-state index contributed by atoms with van der Waals surface area (Å²) >= 11 is 0. The van der Waals surface area contributed by atoms with Gasteiger partial charge in [-0.3, -0.25) is 19.2 Å². The van der Waals surface area contributed by atoms with Gasteiger partial charge in [-0.1, -0.05) is 0 Å². The minimum Gasteiger partial charge on any atom is -0.492 e. The molecule has 3 aromatic rings. The first-order valence-electron chi connectivity index (χ1n) is 10.4. The number of aryl methyl sites for hydroxylation is 2. The lowest BCUT2D eigenvalue weighted by atomic mass is 10.1. The van der Waals surface area contributed by atoms with Crippen LogP contribution in [0.1, 0.15) is 24.1 Å². The highest BCUT2D eigenvalue weighted by molar-refractivity contribution is 5.38. The number of pyridine rings is 2. The summed E-state index contributed by atoms with van der Waals surface area (Å²) in [7, 11) is 0. The van der Waals surface area contributed by atoms with Crippen LogP contribution in [-0.4, -0.2) is 40.7 Å². The van der Waals surface area contributed by atoms with E-state index in [0.717, 1.165) is 29.2 Å². The lowest BCUT2D eigenvalue weighted by Gasteiger charge is -2.15. The number of halogens is 1. The number of aromatic nitrogens is 2. The van der Waals surface area contributed by atoms with Crippen LogP contribution in [0, 0.1) is 5.82 Å². The van der Waals surface area contributed by atoms with Crippen molar-refractivity contribution in [3.05, 3.63) is 88.4 Å². The molecule has 1 fully saturated rings. The number of rotatable bonds is 8. The van der Waals surface area contributed by atoms with Crippen LogP contribution in [0.3, 0.4) is 0 Å². The van der Waals surface area contributed by atoms with Crippen molar-refractivity contribution in [2.24, 2.45) is 0 Å². The monoisotopic (exact) mass is 407 g/mol. The van der Waals surface area contributed by atoms with Crippen molar-refractivity contribution in [3.8, 4) is 11.4 Å². The third-order valence-corrected chi connectivity index (χ3v) is 5.43. The minimum atomic E-state index is -0.343. The van der Waals surface area contributed by atoms with E-state index in [9.17, 15) is 9.18 Å². The highest BCUT2D eigenvalue weighted by atomic mass is 19.1. The zero-order valence-corrected chi connectivity index (χ0v) is 17.0. The van der Waals surface area contributed by atoms with Crippen molar-refractivity contribution in [3.63, 3.8) is 0 Å². The van der Waals surface area contributed by atoms with Gasteiger partial charge in [0.1, 0.15) is 18.2 Å². The first-order valence-corrected chi connectivity index (χ1v) is 10.4. The highest BCUT2D eigenvalue weighted by Crippen LogP contribution is 2.15. The molecule has 0 aliphatic carbocycles. The molecule has 4 rings (SSSR count). The highest BCUT2D eigenvalue weighted by Gasteiger charge is 2.10. The lowest BCUT2D eigenvalue weighted by Crippen LogP contribution is -2.25. The second-order valence-corrected chi connectivity index (χ2v) is 7.60. The summed E-state index contributed by atoms with van der Waals surface area (Å²) in [6.45, 7) is 3.97. The van der Waals surface area contributed by atoms with Gasteiger partial charge in [0, 0.05) is 30.2 Å². The quantitative estimate of drug-likeness (QED) is 0.572. The Hall–Kier alpha value is -2.99. The Balaban J connectivity index is 1.34. The zero-order chi connectivity index (χ0) is 20.8. The topological polar surface area (TPSA) is 47.4 Å². The molecule has 3 heterocycles. The zero-order valence-electron chi connectivity index (χ0n) is 17.0. The average molecular weight is 407 g/mol. The fourth-order valence-corrected chi connectivity index (χ4v) is 3.72. The molecule has 1 aliphatic rings. The summed E-state index contributed by atoms with van der Waals surface area (Å²) < 4.78 is 20.4. The van der Waals surface area contributed by atoms with Gasteiger partial charge in [-0.2, -0.15) is 0 Å². The van der Waals surface area contributed by atoms with Gasteiger partial charge >= 0.3 is 0 Å². The largest absolute Gasteiger partial charge is 0.492 e. The van der Waals surface area contributed by atoms with Gasteiger partial charge in [-0.15, -0.1) is 0 Å². The summed E-state index contributed by atoms with van der Waals surface area (Å²) in [5.74, 6) is 0.471. The second-order valence-electron chi connectivity index (χ2n) is 7.60. The molecule has 0 N–H and O–H groups in total. The Labute approximate surface area is 175 Å². The number of benzene rings is 1. The van der Waals surface area contributed by atoms with Crippen molar-refractivity contribution in [2.75, 3.05) is 26.2 Å². The number of hydrogen-bond acceptors (Lipinski definition) is 4. The number of nitrogens with zero attached hydrogens (tertiary/aromatic N) is 3. The summed E-state index contributed by atoms with van der Waals surface area (Å²) in [6.07, 6.45) is 6.91. The van der Waals surface area contributed by atoms with E-state index >= 15 is 0 Å². The summed E-state index contributed by atoms with van der Waals surface area (Å²) in [6, 6.07) is 14.3. The molecule has 0 saturated carbocycles. The molecule has 1 saturated heterocycles. The fraction of sp³-hybridized carbons (Fsp3) is 0.333. The smallest absolute Gasteiger partial charge is 0.255 e. The van der Waals surface area contributed by atoms with Gasteiger partial charge < -0.3 is 4.74 Å². The summed E-state index contributed by atoms with van der Waals surface area (Å²) in [5, 5.41) is 0. The molecule has 2 aromatic heterocycles. The SMILES string of the molecule is O=c1cc(CCc2ccc(F)cn2)ccn1-c1ccc(OCCN2CCCC2)cc1. The number of likely N-dealkylation sites (tertiary alicyclic amines) is 1. The molecular formula is C24H26FN3O2. The lowest BCUT2D eigenvalue weighted by molar-refractivity contribution is 0.238. The van der Waals surface area contributed by atoms with Crippen molar-refractivity contribution >= 4 is 0 Å². The normalized spacial score (nSPS) is 14.2. The van der Waals surface area contributed by atoms with E-state index in [4.69, 9.17) is 4.74 Å². The van der Waals surface area contributed by atoms with Gasteiger partial charge in [0.25, 0.3) is 5.56 Å². The molecule has 6 heteroatoms. The molecule has 0 atom stereocenters. The van der Waals surface area contributed by atoms with Crippen LogP contribution >= 0.6 is 0 Å². The molecule has 0 radical (unpaired) electrons. The molecule has 0 unspecified atom stereocenters. The van der Waals surface area contributed by atoms with Crippen molar-refractivity contribution in [1.82, 2.24) is 14.5 Å². The maximum atomic E-state index is 12.9. The Bertz CT molecular complexity index is 1010. The molecule has 156 valence electrons. The molecule has 0 spiro atoms. The van der Waals surface area contributed by atoms with E-state index < -0.39 is 0 Å². The fourth-order valence-electron chi connectivity index (χ4n) is 3.72. The van der Waals surface area contributed by atoms with Crippen molar-refractivity contribution in [2.45, 2.75) is 25.7 Å². The maximum absolute atomic E-state index is 12.9. The third kappa shape index (κ3) is 5.33. The second kappa shape index (κ2) is 9.67. The van der Waals surface area contributed by atoms with E-state index in [1.807, 2.05) is 30.3 Å². The van der Waals surface area contributed by atoms with Gasteiger partial charge in [-0.25, -0.2) is 4.39 Å². The van der Waals surface area contributed by atoms with Crippen LogP contribution in [-0.2, 0) is 12.8 Å².